The zero-order chi connectivity index (χ0) is 18.2. The molecule has 1 saturated heterocycles. The molecule has 0 amide bonds. The molecule has 0 unspecified atom stereocenters. The van der Waals surface area contributed by atoms with Crippen molar-refractivity contribution in [1.82, 2.24) is 10.3 Å². The second-order valence-corrected chi connectivity index (χ2v) is 6.08. The summed E-state index contributed by atoms with van der Waals surface area (Å²) in [5.74, 6) is 0.111. The molecule has 1 aromatic heterocycles. The molecule has 8 heteroatoms. The van der Waals surface area contributed by atoms with E-state index in [0.29, 0.717) is 51.0 Å². The van der Waals surface area contributed by atoms with Gasteiger partial charge in [-0.25, -0.2) is 9.38 Å². The minimum absolute atomic E-state index is 0. The maximum absolute atomic E-state index is 14.4. The highest BCUT2D eigenvalue weighted by Crippen LogP contribution is 2.21. The number of nitrogens with two attached hydrogens (primary N) is 1. The molecule has 1 aromatic carbocycles. The van der Waals surface area contributed by atoms with Crippen molar-refractivity contribution in [3.05, 3.63) is 59.7 Å². The van der Waals surface area contributed by atoms with E-state index >= 15 is 0 Å². The molecule has 1 fully saturated rings. The highest BCUT2D eigenvalue weighted by molar-refractivity contribution is 14.0. The fraction of sp³-hybridized carbons (Fsp3) is 0.368. The minimum atomic E-state index is -0.235. The number of benzene rings is 1. The Bertz CT molecular complexity index is 738. The van der Waals surface area contributed by atoms with Gasteiger partial charge >= 0.3 is 0 Å². The fourth-order valence-electron chi connectivity index (χ4n) is 2.81. The number of guanidine groups is 1. The van der Waals surface area contributed by atoms with Crippen molar-refractivity contribution in [2.24, 2.45) is 10.7 Å². The number of ether oxygens (including phenoxy) is 1. The Kier molecular flexibility index (Phi) is 8.73. The molecule has 146 valence electrons. The molecule has 3 N–H and O–H groups in total. The molecule has 6 nitrogen and oxygen atoms in total. The summed E-state index contributed by atoms with van der Waals surface area (Å²) in [5, 5.41) is 3.05. The number of aromatic nitrogens is 1. The minimum Gasteiger partial charge on any atom is -0.378 e. The molecule has 27 heavy (non-hydrogen) atoms. The Hall–Kier alpha value is -1.94. The van der Waals surface area contributed by atoms with Crippen LogP contribution in [-0.4, -0.2) is 43.8 Å². The lowest BCUT2D eigenvalue weighted by atomic mass is 10.1. The Labute approximate surface area is 176 Å². The third-order valence-corrected chi connectivity index (χ3v) is 4.21. The molecule has 0 spiro atoms. The lowest BCUT2D eigenvalue weighted by Crippen LogP contribution is -2.36. The fourth-order valence-corrected chi connectivity index (χ4v) is 2.81. The van der Waals surface area contributed by atoms with Crippen molar-refractivity contribution in [3.8, 4) is 0 Å². The number of pyridine rings is 1. The van der Waals surface area contributed by atoms with E-state index < -0.39 is 0 Å². The van der Waals surface area contributed by atoms with Gasteiger partial charge in [0.2, 0.25) is 0 Å². The summed E-state index contributed by atoms with van der Waals surface area (Å²) < 4.78 is 19.7. The largest absolute Gasteiger partial charge is 0.378 e. The van der Waals surface area contributed by atoms with E-state index in [1.54, 1.807) is 12.3 Å². The Balaban J connectivity index is 0.00000261. The third-order valence-electron chi connectivity index (χ3n) is 4.21. The van der Waals surface area contributed by atoms with Gasteiger partial charge in [0.15, 0.2) is 5.96 Å². The standard InChI is InChI=1S/C19H24FN5O.HI/c20-17-13-15(4-5-18(17)25-9-11-26-12-10-25)14-24-19(21)23-8-6-16-3-1-2-7-22-16;/h1-5,7,13H,6,8-12,14H2,(H3,21,23,24);1H. The SMILES string of the molecule is I.NC(=NCc1ccc(N2CCOCC2)c(F)c1)NCCc1ccccn1. The van der Waals surface area contributed by atoms with Crippen molar-refractivity contribution >= 4 is 35.6 Å². The normalized spacial score (nSPS) is 14.6. The number of rotatable bonds is 6. The number of morpholine rings is 1. The van der Waals surface area contributed by atoms with Crippen LogP contribution in [0.25, 0.3) is 0 Å². The van der Waals surface area contributed by atoms with Gasteiger partial charge in [-0.1, -0.05) is 12.1 Å². The van der Waals surface area contributed by atoms with Gasteiger partial charge in [0.1, 0.15) is 5.82 Å². The van der Waals surface area contributed by atoms with E-state index in [1.807, 2.05) is 29.2 Å². The molecule has 0 radical (unpaired) electrons. The van der Waals surface area contributed by atoms with Crippen molar-refractivity contribution in [2.75, 3.05) is 37.7 Å². The van der Waals surface area contributed by atoms with Crippen molar-refractivity contribution in [2.45, 2.75) is 13.0 Å². The predicted molar refractivity (Wildman–Crippen MR) is 116 cm³/mol. The Morgan fingerprint density at radius 3 is 2.78 bits per heavy atom. The monoisotopic (exact) mass is 485 g/mol. The van der Waals surface area contributed by atoms with Crippen LogP contribution in [0.5, 0.6) is 0 Å². The van der Waals surface area contributed by atoms with E-state index in [2.05, 4.69) is 15.3 Å². The first-order chi connectivity index (χ1) is 12.7. The third kappa shape index (κ3) is 6.62. The zero-order valence-electron chi connectivity index (χ0n) is 15.1. The van der Waals surface area contributed by atoms with Gasteiger partial charge in [-0.2, -0.15) is 0 Å². The average molecular weight is 485 g/mol. The van der Waals surface area contributed by atoms with Crippen LogP contribution in [0.3, 0.4) is 0 Å². The first kappa shape index (κ1) is 21.4. The lowest BCUT2D eigenvalue weighted by Gasteiger charge is -2.29. The van der Waals surface area contributed by atoms with Gasteiger partial charge < -0.3 is 20.7 Å². The molecular weight excluding hydrogens is 460 g/mol. The van der Waals surface area contributed by atoms with Crippen molar-refractivity contribution < 1.29 is 9.13 Å². The molecule has 0 saturated carbocycles. The quantitative estimate of drug-likeness (QED) is 0.373. The van der Waals surface area contributed by atoms with Crippen LogP contribution in [0.4, 0.5) is 10.1 Å². The van der Waals surface area contributed by atoms with Gasteiger partial charge in [0.05, 0.1) is 25.4 Å². The lowest BCUT2D eigenvalue weighted by molar-refractivity contribution is 0.122. The average Bonchev–Trinajstić information content (AvgIpc) is 2.68. The van der Waals surface area contributed by atoms with E-state index in [1.165, 1.54) is 6.07 Å². The second kappa shape index (κ2) is 11.0. The van der Waals surface area contributed by atoms with Crippen LogP contribution < -0.4 is 16.0 Å². The van der Waals surface area contributed by atoms with Crippen LogP contribution in [0, 0.1) is 5.82 Å². The highest BCUT2D eigenvalue weighted by atomic mass is 127. The molecular formula is C19H25FIN5O. The highest BCUT2D eigenvalue weighted by Gasteiger charge is 2.15. The van der Waals surface area contributed by atoms with E-state index in [4.69, 9.17) is 10.5 Å². The number of nitrogens with zero attached hydrogens (tertiary/aromatic N) is 3. The van der Waals surface area contributed by atoms with Crippen LogP contribution in [0.15, 0.2) is 47.6 Å². The molecule has 3 rings (SSSR count). The first-order valence-electron chi connectivity index (χ1n) is 8.77. The summed E-state index contributed by atoms with van der Waals surface area (Å²) in [6.07, 6.45) is 2.53. The summed E-state index contributed by atoms with van der Waals surface area (Å²) in [6, 6.07) is 11.0. The van der Waals surface area contributed by atoms with E-state index in [0.717, 1.165) is 17.7 Å². The Morgan fingerprint density at radius 2 is 2.07 bits per heavy atom. The maximum atomic E-state index is 14.4. The first-order valence-corrected chi connectivity index (χ1v) is 8.77. The number of halogens is 2. The van der Waals surface area contributed by atoms with Gasteiger partial charge in [-0.05, 0) is 29.8 Å². The molecule has 2 heterocycles. The number of aliphatic imine (C=N–C) groups is 1. The molecule has 1 aliphatic heterocycles. The molecule has 1 aliphatic rings. The second-order valence-electron chi connectivity index (χ2n) is 6.08. The maximum Gasteiger partial charge on any atom is 0.188 e. The predicted octanol–water partition coefficient (Wildman–Crippen LogP) is 2.32. The van der Waals surface area contributed by atoms with E-state index in [9.17, 15) is 4.39 Å². The molecule has 0 bridgehead atoms. The van der Waals surface area contributed by atoms with Crippen LogP contribution in [0.2, 0.25) is 0 Å². The summed E-state index contributed by atoms with van der Waals surface area (Å²) in [5.41, 5.74) is 8.27. The van der Waals surface area contributed by atoms with Gasteiger partial charge in [-0.3, -0.25) is 4.98 Å². The zero-order valence-corrected chi connectivity index (χ0v) is 17.4. The molecule has 0 atom stereocenters. The molecule has 0 aliphatic carbocycles. The summed E-state index contributed by atoms with van der Waals surface area (Å²) in [7, 11) is 0. The van der Waals surface area contributed by atoms with Crippen LogP contribution >= 0.6 is 24.0 Å². The summed E-state index contributed by atoms with van der Waals surface area (Å²) >= 11 is 0. The van der Waals surface area contributed by atoms with Crippen molar-refractivity contribution in [1.29, 1.82) is 0 Å². The topological polar surface area (TPSA) is 75.8 Å². The van der Waals surface area contributed by atoms with Gasteiger partial charge in [0, 0.05) is 37.9 Å². The van der Waals surface area contributed by atoms with E-state index in [-0.39, 0.29) is 29.8 Å². The van der Waals surface area contributed by atoms with Gasteiger partial charge in [0.25, 0.3) is 0 Å². The Morgan fingerprint density at radius 1 is 1.26 bits per heavy atom. The van der Waals surface area contributed by atoms with Crippen molar-refractivity contribution in [3.63, 3.8) is 0 Å². The number of hydrogen-bond acceptors (Lipinski definition) is 4. The number of nitrogens with one attached hydrogen (secondary N) is 1. The number of hydrogen-bond donors (Lipinski definition) is 2. The smallest absolute Gasteiger partial charge is 0.188 e. The van der Waals surface area contributed by atoms with Gasteiger partial charge in [-0.15, -0.1) is 24.0 Å². The molecule has 2 aromatic rings. The van der Waals surface area contributed by atoms with Crippen LogP contribution in [-0.2, 0) is 17.7 Å². The summed E-state index contributed by atoms with van der Waals surface area (Å²) in [4.78, 5) is 10.5. The number of anilines is 1. The van der Waals surface area contributed by atoms with Crippen LogP contribution in [0.1, 0.15) is 11.3 Å². The summed E-state index contributed by atoms with van der Waals surface area (Å²) in [6.45, 7) is 3.67.